The highest BCUT2D eigenvalue weighted by Gasteiger charge is 2.19. The molecule has 1 saturated heterocycles. The van der Waals surface area contributed by atoms with Gasteiger partial charge in [-0.2, -0.15) is 10.1 Å². The summed E-state index contributed by atoms with van der Waals surface area (Å²) < 4.78 is 7.56. The number of fused-ring (bicyclic) bond motifs is 1. The average molecular weight is 424 g/mol. The summed E-state index contributed by atoms with van der Waals surface area (Å²) in [5.74, 6) is 2.07. The summed E-state index contributed by atoms with van der Waals surface area (Å²) in [6, 6.07) is 10.1. The number of piperidine rings is 1. The molecule has 3 N–H and O–H groups in total. The van der Waals surface area contributed by atoms with Crippen molar-refractivity contribution < 1.29 is 4.74 Å². The van der Waals surface area contributed by atoms with Crippen molar-refractivity contribution in [3.63, 3.8) is 0 Å². The Morgan fingerprint density at radius 3 is 2.68 bits per heavy atom. The second-order valence-corrected chi connectivity index (χ2v) is 7.88. The zero-order valence-electron chi connectivity index (χ0n) is 18.5. The summed E-state index contributed by atoms with van der Waals surface area (Å²) >= 11 is 0. The maximum absolute atomic E-state index is 5.58. The topological polar surface area (TPSA) is 88.9 Å². The Morgan fingerprint density at radius 1 is 1.13 bits per heavy atom. The van der Waals surface area contributed by atoms with Crippen molar-refractivity contribution in [3.8, 4) is 0 Å². The fourth-order valence-corrected chi connectivity index (χ4v) is 3.98. The molecule has 8 heteroatoms. The molecule has 1 fully saturated rings. The van der Waals surface area contributed by atoms with E-state index in [-0.39, 0.29) is 0 Å². The van der Waals surface area contributed by atoms with Crippen molar-refractivity contribution in [1.82, 2.24) is 25.1 Å². The van der Waals surface area contributed by atoms with Crippen LogP contribution < -0.4 is 16.0 Å². The number of ether oxygens (including phenoxy) is 1. The molecule has 1 aliphatic heterocycles. The number of benzene rings is 1. The van der Waals surface area contributed by atoms with Gasteiger partial charge in [0.1, 0.15) is 11.0 Å². The molecule has 8 nitrogen and oxygen atoms in total. The summed E-state index contributed by atoms with van der Waals surface area (Å²) in [5, 5.41) is 15.2. The maximum atomic E-state index is 5.58. The third-order valence-corrected chi connectivity index (χ3v) is 5.69. The van der Waals surface area contributed by atoms with E-state index in [1.54, 1.807) is 0 Å². The zero-order chi connectivity index (χ0) is 21.5. The Hall–Kier alpha value is -2.71. The number of hydrogen-bond donors (Lipinski definition) is 3. The van der Waals surface area contributed by atoms with Gasteiger partial charge in [0.2, 0.25) is 5.95 Å². The van der Waals surface area contributed by atoms with Gasteiger partial charge in [0.25, 0.3) is 0 Å². The summed E-state index contributed by atoms with van der Waals surface area (Å²) in [4.78, 5) is 9.75. The molecule has 2 aromatic heterocycles. The Labute approximate surface area is 183 Å². The Kier molecular flexibility index (Phi) is 7.32. The first-order chi connectivity index (χ1) is 15.3. The summed E-state index contributed by atoms with van der Waals surface area (Å²) in [7, 11) is 0. The largest absolute Gasteiger partial charge is 0.380 e. The predicted octanol–water partition coefficient (Wildman–Crippen LogP) is 3.58. The molecule has 0 spiro atoms. The van der Waals surface area contributed by atoms with Crippen LogP contribution >= 0.6 is 0 Å². The maximum Gasteiger partial charge on any atom is 0.225 e. The molecule has 1 aromatic carbocycles. The van der Waals surface area contributed by atoms with Gasteiger partial charge < -0.3 is 20.7 Å². The standard InChI is InChI=1S/C23H33N7O/c1-3-19-20-21(30(29-19)14-15-31-4-2)22(26-18-8-6-5-7-9-18)28-23(27-20)25-16-17-10-12-24-13-11-17/h5-9,17,24H,3-4,10-16H2,1-2H3,(H2,25,26,27,28). The van der Waals surface area contributed by atoms with Gasteiger partial charge in [-0.25, -0.2) is 4.98 Å². The molecule has 3 aromatic rings. The van der Waals surface area contributed by atoms with E-state index in [2.05, 4.69) is 22.9 Å². The zero-order valence-corrected chi connectivity index (χ0v) is 18.5. The van der Waals surface area contributed by atoms with Crippen LogP contribution in [0, 0.1) is 5.92 Å². The predicted molar refractivity (Wildman–Crippen MR) is 125 cm³/mol. The van der Waals surface area contributed by atoms with Gasteiger partial charge in [-0.15, -0.1) is 0 Å². The quantitative estimate of drug-likeness (QED) is 0.430. The number of nitrogens with zero attached hydrogens (tertiary/aromatic N) is 4. The summed E-state index contributed by atoms with van der Waals surface area (Å²) in [6.45, 7) is 9.14. The number of hydrogen-bond acceptors (Lipinski definition) is 7. The van der Waals surface area contributed by atoms with E-state index in [4.69, 9.17) is 19.8 Å². The molecule has 4 rings (SSSR count). The van der Waals surface area contributed by atoms with Crippen molar-refractivity contribution in [3.05, 3.63) is 36.0 Å². The number of rotatable bonds is 10. The van der Waals surface area contributed by atoms with E-state index in [0.717, 1.165) is 54.3 Å². The third kappa shape index (κ3) is 5.32. The van der Waals surface area contributed by atoms with Crippen LogP contribution in [-0.2, 0) is 17.7 Å². The fourth-order valence-electron chi connectivity index (χ4n) is 3.98. The van der Waals surface area contributed by atoms with E-state index in [9.17, 15) is 0 Å². The lowest BCUT2D eigenvalue weighted by Crippen LogP contribution is -2.31. The highest BCUT2D eigenvalue weighted by Crippen LogP contribution is 2.28. The molecule has 0 unspecified atom stereocenters. The SMILES string of the molecule is CCOCCn1nc(CC)c2nc(NCC3CCNCC3)nc(Nc3ccccc3)c21. The first kappa shape index (κ1) is 21.5. The van der Waals surface area contributed by atoms with Crippen LogP contribution in [0.1, 0.15) is 32.4 Å². The molecule has 3 heterocycles. The van der Waals surface area contributed by atoms with Crippen LogP contribution in [0.3, 0.4) is 0 Å². The van der Waals surface area contributed by atoms with Crippen LogP contribution in [0.2, 0.25) is 0 Å². The molecule has 0 bridgehead atoms. The highest BCUT2D eigenvalue weighted by atomic mass is 16.5. The molecule has 166 valence electrons. The number of aromatic nitrogens is 4. The van der Waals surface area contributed by atoms with E-state index in [1.165, 1.54) is 12.8 Å². The second kappa shape index (κ2) is 10.5. The minimum Gasteiger partial charge on any atom is -0.380 e. The lowest BCUT2D eigenvalue weighted by atomic mass is 9.98. The van der Waals surface area contributed by atoms with E-state index in [0.29, 0.717) is 31.6 Å². The van der Waals surface area contributed by atoms with Crippen LogP contribution in [0.4, 0.5) is 17.5 Å². The number of aryl methyl sites for hydroxylation is 1. The monoisotopic (exact) mass is 423 g/mol. The first-order valence-corrected chi connectivity index (χ1v) is 11.4. The second-order valence-electron chi connectivity index (χ2n) is 7.88. The lowest BCUT2D eigenvalue weighted by Gasteiger charge is -2.22. The van der Waals surface area contributed by atoms with Crippen LogP contribution in [0.5, 0.6) is 0 Å². The van der Waals surface area contributed by atoms with Gasteiger partial charge in [-0.3, -0.25) is 4.68 Å². The first-order valence-electron chi connectivity index (χ1n) is 11.4. The van der Waals surface area contributed by atoms with Crippen molar-refractivity contribution in [2.24, 2.45) is 5.92 Å². The van der Waals surface area contributed by atoms with Crippen molar-refractivity contribution in [2.45, 2.75) is 39.7 Å². The minimum atomic E-state index is 0.608. The lowest BCUT2D eigenvalue weighted by molar-refractivity contribution is 0.137. The Balaban J connectivity index is 1.68. The van der Waals surface area contributed by atoms with Crippen LogP contribution in [-0.4, -0.2) is 52.6 Å². The number of nitrogens with one attached hydrogen (secondary N) is 3. The molecule has 0 atom stereocenters. The summed E-state index contributed by atoms with van der Waals surface area (Å²) in [5.41, 5.74) is 3.80. The van der Waals surface area contributed by atoms with Gasteiger partial charge in [-0.05, 0) is 57.3 Å². The number of anilines is 3. The third-order valence-electron chi connectivity index (χ3n) is 5.69. The Morgan fingerprint density at radius 2 is 1.94 bits per heavy atom. The van der Waals surface area contributed by atoms with Gasteiger partial charge in [0.15, 0.2) is 5.82 Å². The molecule has 1 aliphatic rings. The fraction of sp³-hybridized carbons (Fsp3) is 0.522. The normalized spacial score (nSPS) is 14.8. The van der Waals surface area contributed by atoms with E-state index >= 15 is 0 Å². The summed E-state index contributed by atoms with van der Waals surface area (Å²) in [6.07, 6.45) is 3.17. The number of para-hydroxylation sites is 1. The smallest absolute Gasteiger partial charge is 0.225 e. The molecule has 31 heavy (non-hydrogen) atoms. The van der Waals surface area contributed by atoms with E-state index < -0.39 is 0 Å². The van der Waals surface area contributed by atoms with Crippen LogP contribution in [0.25, 0.3) is 11.0 Å². The van der Waals surface area contributed by atoms with Gasteiger partial charge in [-0.1, -0.05) is 25.1 Å². The van der Waals surface area contributed by atoms with Gasteiger partial charge in [0, 0.05) is 18.8 Å². The van der Waals surface area contributed by atoms with Crippen LogP contribution in [0.15, 0.2) is 30.3 Å². The van der Waals surface area contributed by atoms with Gasteiger partial charge >= 0.3 is 0 Å². The van der Waals surface area contributed by atoms with Gasteiger partial charge in [0.05, 0.1) is 18.8 Å². The molecular formula is C23H33N7O. The van der Waals surface area contributed by atoms with Crippen molar-refractivity contribution in [1.29, 1.82) is 0 Å². The average Bonchev–Trinajstić information content (AvgIpc) is 3.17. The van der Waals surface area contributed by atoms with Crippen molar-refractivity contribution >= 4 is 28.5 Å². The highest BCUT2D eigenvalue weighted by molar-refractivity contribution is 5.90. The Bertz CT molecular complexity index is 967. The molecule has 0 amide bonds. The molecule has 0 saturated carbocycles. The molecule has 0 radical (unpaired) electrons. The minimum absolute atomic E-state index is 0.608. The molecular weight excluding hydrogens is 390 g/mol. The van der Waals surface area contributed by atoms with Crippen molar-refractivity contribution in [2.75, 3.05) is 43.5 Å². The van der Waals surface area contributed by atoms with E-state index in [1.807, 2.05) is 41.9 Å². The molecule has 0 aliphatic carbocycles.